The van der Waals surface area contributed by atoms with Gasteiger partial charge in [0.25, 0.3) is 0 Å². The van der Waals surface area contributed by atoms with Crippen molar-refractivity contribution in [2.75, 3.05) is 19.5 Å². The van der Waals surface area contributed by atoms with E-state index < -0.39 is 11.9 Å². The molecular weight excluding hydrogens is 320 g/mol. The summed E-state index contributed by atoms with van der Waals surface area (Å²) in [4.78, 5) is 23.4. The van der Waals surface area contributed by atoms with E-state index in [0.29, 0.717) is 11.3 Å². The summed E-state index contributed by atoms with van der Waals surface area (Å²) in [6, 6.07) is 16.4. The first-order chi connectivity index (χ1) is 12.1. The third-order valence-electron chi connectivity index (χ3n) is 3.37. The van der Waals surface area contributed by atoms with Gasteiger partial charge in [0, 0.05) is 11.3 Å². The van der Waals surface area contributed by atoms with Gasteiger partial charge in [-0.3, -0.25) is 0 Å². The van der Waals surface area contributed by atoms with Gasteiger partial charge in [-0.15, -0.1) is 0 Å². The van der Waals surface area contributed by atoms with Crippen molar-refractivity contribution in [1.29, 1.82) is 5.26 Å². The van der Waals surface area contributed by atoms with Gasteiger partial charge in [-0.1, -0.05) is 30.3 Å². The number of esters is 2. The van der Waals surface area contributed by atoms with Crippen molar-refractivity contribution in [2.45, 2.75) is 0 Å². The molecule has 6 heteroatoms. The van der Waals surface area contributed by atoms with E-state index in [9.17, 15) is 9.59 Å². The summed E-state index contributed by atoms with van der Waals surface area (Å²) < 4.78 is 9.25. The van der Waals surface area contributed by atoms with E-state index in [1.54, 1.807) is 30.3 Å². The zero-order chi connectivity index (χ0) is 18.2. The van der Waals surface area contributed by atoms with E-state index in [4.69, 9.17) is 10.00 Å². The number of nitrogens with one attached hydrogen (secondary N) is 1. The lowest BCUT2D eigenvalue weighted by molar-refractivity contribution is -0.138. The van der Waals surface area contributed by atoms with Crippen molar-refractivity contribution in [2.24, 2.45) is 0 Å². The fourth-order valence-corrected chi connectivity index (χ4v) is 2.18. The molecule has 0 aliphatic heterocycles. The molecule has 2 rings (SSSR count). The lowest BCUT2D eigenvalue weighted by Gasteiger charge is -2.14. The number of hydrogen-bond donors (Lipinski definition) is 1. The SMILES string of the molecule is COC(=O)/C=C(/Nc1ccccc1-c1cccc(C#N)c1)C(=O)OC. The van der Waals surface area contributed by atoms with Gasteiger partial charge in [-0.05, 0) is 23.8 Å². The first-order valence-corrected chi connectivity index (χ1v) is 7.33. The first-order valence-electron chi connectivity index (χ1n) is 7.33. The molecule has 0 atom stereocenters. The molecule has 0 radical (unpaired) electrons. The Kier molecular flexibility index (Phi) is 5.91. The number of methoxy groups -OCH3 is 2. The van der Waals surface area contributed by atoms with Crippen LogP contribution in [-0.4, -0.2) is 26.2 Å². The Bertz CT molecular complexity index is 866. The number of anilines is 1. The molecule has 0 aliphatic carbocycles. The van der Waals surface area contributed by atoms with Gasteiger partial charge >= 0.3 is 11.9 Å². The molecule has 1 N–H and O–H groups in total. The second-order valence-corrected chi connectivity index (χ2v) is 4.94. The molecule has 0 aromatic heterocycles. The van der Waals surface area contributed by atoms with E-state index in [1.165, 1.54) is 14.2 Å². The Morgan fingerprint density at radius 1 is 1.08 bits per heavy atom. The highest BCUT2D eigenvalue weighted by Crippen LogP contribution is 2.29. The van der Waals surface area contributed by atoms with Crippen LogP contribution in [0.2, 0.25) is 0 Å². The van der Waals surface area contributed by atoms with Crippen molar-refractivity contribution in [1.82, 2.24) is 0 Å². The van der Waals surface area contributed by atoms with Gasteiger partial charge < -0.3 is 14.8 Å². The normalized spacial score (nSPS) is 10.5. The third kappa shape index (κ3) is 4.45. The maximum absolute atomic E-state index is 11.9. The molecule has 0 spiro atoms. The Balaban J connectivity index is 2.46. The summed E-state index contributed by atoms with van der Waals surface area (Å²) in [6.07, 6.45) is 1.02. The molecule has 6 nitrogen and oxygen atoms in total. The summed E-state index contributed by atoms with van der Waals surface area (Å²) in [7, 11) is 2.44. The molecule has 2 aromatic carbocycles. The van der Waals surface area contributed by atoms with Gasteiger partial charge in [0.15, 0.2) is 0 Å². The molecule has 0 saturated heterocycles. The summed E-state index contributed by atoms with van der Waals surface area (Å²) in [5.41, 5.74) is 2.60. The topological polar surface area (TPSA) is 88.4 Å². The minimum absolute atomic E-state index is 0.0572. The van der Waals surface area contributed by atoms with E-state index in [1.807, 2.05) is 18.2 Å². The molecule has 0 amide bonds. The van der Waals surface area contributed by atoms with Crippen LogP contribution in [0.25, 0.3) is 11.1 Å². The zero-order valence-electron chi connectivity index (χ0n) is 13.8. The van der Waals surface area contributed by atoms with Crippen LogP contribution < -0.4 is 5.32 Å². The van der Waals surface area contributed by atoms with Crippen LogP contribution in [0.3, 0.4) is 0 Å². The fourth-order valence-electron chi connectivity index (χ4n) is 2.18. The van der Waals surface area contributed by atoms with Crippen LogP contribution in [0.4, 0.5) is 5.69 Å². The monoisotopic (exact) mass is 336 g/mol. The van der Waals surface area contributed by atoms with E-state index >= 15 is 0 Å². The standard InChI is InChI=1S/C19H16N2O4/c1-24-18(22)11-17(19(23)25-2)21-16-9-4-3-8-15(16)14-7-5-6-13(10-14)12-20/h3-11,21H,1-2H3/b17-11+. The lowest BCUT2D eigenvalue weighted by Crippen LogP contribution is -2.15. The molecule has 0 heterocycles. The van der Waals surface area contributed by atoms with Gasteiger partial charge in [-0.2, -0.15) is 5.26 Å². The second kappa shape index (κ2) is 8.31. The minimum Gasteiger partial charge on any atom is -0.466 e. The van der Waals surface area contributed by atoms with Crippen molar-refractivity contribution >= 4 is 17.6 Å². The van der Waals surface area contributed by atoms with Crippen molar-refractivity contribution in [3.05, 3.63) is 65.9 Å². The first kappa shape index (κ1) is 17.8. The van der Waals surface area contributed by atoms with Crippen LogP contribution in [0, 0.1) is 11.3 Å². The molecule has 0 aliphatic rings. The number of ether oxygens (including phenoxy) is 2. The lowest BCUT2D eigenvalue weighted by atomic mass is 10.0. The van der Waals surface area contributed by atoms with Crippen LogP contribution in [0.1, 0.15) is 5.56 Å². The van der Waals surface area contributed by atoms with Crippen molar-refractivity contribution in [3.8, 4) is 17.2 Å². The summed E-state index contributed by atoms with van der Waals surface area (Å²) in [5.74, 6) is -1.39. The highest BCUT2D eigenvalue weighted by molar-refractivity contribution is 5.99. The number of benzene rings is 2. The number of rotatable bonds is 5. The van der Waals surface area contributed by atoms with Crippen LogP contribution >= 0.6 is 0 Å². The van der Waals surface area contributed by atoms with Gasteiger partial charge in [0.1, 0.15) is 5.70 Å². The quantitative estimate of drug-likeness (QED) is 0.667. The average Bonchev–Trinajstić information content (AvgIpc) is 2.67. The van der Waals surface area contributed by atoms with Crippen molar-refractivity contribution < 1.29 is 19.1 Å². The fraction of sp³-hybridized carbons (Fsp3) is 0.105. The summed E-state index contributed by atoms with van der Waals surface area (Å²) in [5, 5.41) is 12.0. The molecule has 126 valence electrons. The molecule has 0 fully saturated rings. The molecule has 0 saturated carbocycles. The highest BCUT2D eigenvalue weighted by Gasteiger charge is 2.15. The number of para-hydroxylation sites is 1. The number of carbonyl (C=O) groups is 2. The van der Waals surface area contributed by atoms with E-state index in [2.05, 4.69) is 16.1 Å². The number of hydrogen-bond acceptors (Lipinski definition) is 6. The number of nitrogens with zero attached hydrogens (tertiary/aromatic N) is 1. The minimum atomic E-state index is -0.703. The summed E-state index contributed by atoms with van der Waals surface area (Å²) in [6.45, 7) is 0. The highest BCUT2D eigenvalue weighted by atomic mass is 16.5. The number of nitriles is 1. The Morgan fingerprint density at radius 2 is 1.84 bits per heavy atom. The zero-order valence-corrected chi connectivity index (χ0v) is 13.8. The predicted octanol–water partition coefficient (Wildman–Crippen LogP) is 2.87. The largest absolute Gasteiger partial charge is 0.466 e. The molecular formula is C19H16N2O4. The van der Waals surface area contributed by atoms with Crippen LogP contribution in [0.5, 0.6) is 0 Å². The third-order valence-corrected chi connectivity index (χ3v) is 3.37. The molecule has 2 aromatic rings. The van der Waals surface area contributed by atoms with Gasteiger partial charge in [-0.25, -0.2) is 9.59 Å². The van der Waals surface area contributed by atoms with Crippen molar-refractivity contribution in [3.63, 3.8) is 0 Å². The van der Waals surface area contributed by atoms with Gasteiger partial charge in [0.2, 0.25) is 0 Å². The summed E-state index contributed by atoms with van der Waals surface area (Å²) >= 11 is 0. The van der Waals surface area contributed by atoms with Crippen LogP contribution in [0.15, 0.2) is 60.3 Å². The Labute approximate surface area is 145 Å². The molecule has 25 heavy (non-hydrogen) atoms. The Morgan fingerprint density at radius 3 is 2.52 bits per heavy atom. The number of carbonyl (C=O) groups excluding carboxylic acids is 2. The maximum atomic E-state index is 11.9. The average molecular weight is 336 g/mol. The molecule has 0 unspecified atom stereocenters. The van der Waals surface area contributed by atoms with E-state index in [0.717, 1.165) is 17.2 Å². The van der Waals surface area contributed by atoms with Crippen LogP contribution in [-0.2, 0) is 19.1 Å². The van der Waals surface area contributed by atoms with Gasteiger partial charge in [0.05, 0.1) is 31.9 Å². The smallest absolute Gasteiger partial charge is 0.354 e. The maximum Gasteiger partial charge on any atom is 0.354 e. The predicted molar refractivity (Wildman–Crippen MR) is 92.3 cm³/mol. The van der Waals surface area contributed by atoms with E-state index in [-0.39, 0.29) is 5.70 Å². The Hall–Kier alpha value is -3.59. The molecule has 0 bridgehead atoms. The second-order valence-electron chi connectivity index (χ2n) is 4.94.